The summed E-state index contributed by atoms with van der Waals surface area (Å²) in [5.74, 6) is -2.95. The number of benzene rings is 1. The summed E-state index contributed by atoms with van der Waals surface area (Å²) in [5, 5.41) is 20.3. The number of hydrogen-bond acceptors (Lipinski definition) is 9. The second-order valence-electron chi connectivity index (χ2n) is 5.35. The number of carbonyl (C=O) groups is 2. The minimum absolute atomic E-state index is 0.0853. The largest absolute Gasteiger partial charge is 0.469 e. The standard InChI is InChI=1S/C17H15N3O7/c1-25-13(21)7-12-15(17(22)26-2)14(11(8-18)16(19)27-12)9-3-5-10(6-4-9)20(23)24/h3-6,14H,7,19H2,1-2H3/t14-/m0/s1. The fourth-order valence-electron chi connectivity index (χ4n) is 2.61. The average Bonchev–Trinajstić information content (AvgIpc) is 2.66. The average molecular weight is 373 g/mol. The zero-order valence-electron chi connectivity index (χ0n) is 14.4. The van der Waals surface area contributed by atoms with E-state index in [-0.39, 0.29) is 28.5 Å². The zero-order valence-corrected chi connectivity index (χ0v) is 14.4. The van der Waals surface area contributed by atoms with Crippen LogP contribution in [0.25, 0.3) is 0 Å². The van der Waals surface area contributed by atoms with Crippen LogP contribution < -0.4 is 5.73 Å². The van der Waals surface area contributed by atoms with Crippen molar-refractivity contribution in [3.63, 3.8) is 0 Å². The first-order valence-electron chi connectivity index (χ1n) is 7.54. The van der Waals surface area contributed by atoms with E-state index in [2.05, 4.69) is 4.74 Å². The molecule has 10 heteroatoms. The number of nitrogens with two attached hydrogens (primary N) is 1. The van der Waals surface area contributed by atoms with Gasteiger partial charge < -0.3 is 19.9 Å². The maximum atomic E-state index is 12.4. The van der Waals surface area contributed by atoms with Crippen molar-refractivity contribution in [3.05, 3.63) is 62.7 Å². The highest BCUT2D eigenvalue weighted by Gasteiger charge is 2.38. The molecule has 1 aliphatic rings. The van der Waals surface area contributed by atoms with E-state index in [0.29, 0.717) is 5.56 Å². The Kier molecular flexibility index (Phi) is 5.77. The first-order chi connectivity index (χ1) is 12.8. The number of nitro groups is 1. The topological polar surface area (TPSA) is 155 Å². The normalized spacial score (nSPS) is 16.3. The number of nitriles is 1. The van der Waals surface area contributed by atoms with Crippen LogP contribution in [-0.2, 0) is 23.8 Å². The molecule has 1 heterocycles. The Labute approximate surface area is 153 Å². The van der Waals surface area contributed by atoms with Crippen molar-refractivity contribution in [2.75, 3.05) is 14.2 Å². The molecule has 0 aromatic heterocycles. The summed E-state index contributed by atoms with van der Waals surface area (Å²) in [6, 6.07) is 7.10. The predicted molar refractivity (Wildman–Crippen MR) is 89.4 cm³/mol. The number of nitrogens with zero attached hydrogens (tertiary/aromatic N) is 2. The molecule has 2 N–H and O–H groups in total. The van der Waals surface area contributed by atoms with Crippen molar-refractivity contribution < 1.29 is 28.7 Å². The van der Waals surface area contributed by atoms with E-state index in [9.17, 15) is 25.0 Å². The molecular weight excluding hydrogens is 358 g/mol. The van der Waals surface area contributed by atoms with Crippen LogP contribution in [0.5, 0.6) is 0 Å². The molecule has 10 nitrogen and oxygen atoms in total. The van der Waals surface area contributed by atoms with Gasteiger partial charge in [-0.2, -0.15) is 5.26 Å². The number of methoxy groups -OCH3 is 2. The number of esters is 2. The highest BCUT2D eigenvalue weighted by Crippen LogP contribution is 2.40. The van der Waals surface area contributed by atoms with Crippen molar-refractivity contribution in [2.24, 2.45) is 5.73 Å². The van der Waals surface area contributed by atoms with Crippen LogP contribution in [0.3, 0.4) is 0 Å². The Morgan fingerprint density at radius 3 is 2.41 bits per heavy atom. The van der Waals surface area contributed by atoms with Gasteiger partial charge >= 0.3 is 11.9 Å². The molecule has 0 bridgehead atoms. The van der Waals surface area contributed by atoms with Crippen LogP contribution >= 0.6 is 0 Å². The smallest absolute Gasteiger partial charge is 0.338 e. The molecule has 0 amide bonds. The van der Waals surface area contributed by atoms with Gasteiger partial charge in [-0.3, -0.25) is 14.9 Å². The molecule has 1 aromatic rings. The van der Waals surface area contributed by atoms with Gasteiger partial charge in [0.2, 0.25) is 5.88 Å². The van der Waals surface area contributed by atoms with Crippen LogP contribution in [0.2, 0.25) is 0 Å². The van der Waals surface area contributed by atoms with Crippen LogP contribution in [0.1, 0.15) is 17.9 Å². The highest BCUT2D eigenvalue weighted by molar-refractivity contribution is 5.93. The molecule has 2 rings (SSSR count). The second-order valence-corrected chi connectivity index (χ2v) is 5.35. The fourth-order valence-corrected chi connectivity index (χ4v) is 2.61. The molecule has 0 saturated heterocycles. The Hall–Kier alpha value is -3.87. The Balaban J connectivity index is 2.66. The Morgan fingerprint density at radius 2 is 1.93 bits per heavy atom. The van der Waals surface area contributed by atoms with Gasteiger partial charge in [-0.05, 0) is 5.56 Å². The van der Waals surface area contributed by atoms with Crippen molar-refractivity contribution in [1.82, 2.24) is 0 Å². The highest BCUT2D eigenvalue weighted by atomic mass is 16.6. The van der Waals surface area contributed by atoms with E-state index in [1.165, 1.54) is 24.3 Å². The number of rotatable bonds is 5. The minimum atomic E-state index is -1.02. The summed E-state index contributed by atoms with van der Waals surface area (Å²) >= 11 is 0. The van der Waals surface area contributed by atoms with Crippen molar-refractivity contribution in [3.8, 4) is 6.07 Å². The summed E-state index contributed by atoms with van der Waals surface area (Å²) < 4.78 is 14.7. The van der Waals surface area contributed by atoms with E-state index in [1.807, 2.05) is 6.07 Å². The SMILES string of the molecule is COC(=O)CC1=C(C(=O)OC)[C@@H](c2ccc([N+](=O)[O-])cc2)C(C#N)=C(N)O1. The quantitative estimate of drug-likeness (QED) is 0.458. The summed E-state index contributed by atoms with van der Waals surface area (Å²) in [5.41, 5.74) is 5.80. The molecule has 0 unspecified atom stereocenters. The summed E-state index contributed by atoms with van der Waals surface area (Å²) in [4.78, 5) is 34.3. The van der Waals surface area contributed by atoms with E-state index >= 15 is 0 Å². The molecule has 0 fully saturated rings. The van der Waals surface area contributed by atoms with Crippen LogP contribution in [-0.4, -0.2) is 31.1 Å². The van der Waals surface area contributed by atoms with Crippen LogP contribution in [0.15, 0.2) is 47.1 Å². The van der Waals surface area contributed by atoms with Crippen LogP contribution in [0.4, 0.5) is 5.69 Å². The molecule has 1 aliphatic heterocycles. The number of hydrogen-bond donors (Lipinski definition) is 1. The summed E-state index contributed by atoms with van der Waals surface area (Å²) in [7, 11) is 2.29. The third-order valence-corrected chi connectivity index (χ3v) is 3.87. The van der Waals surface area contributed by atoms with Gasteiger partial charge in [-0.1, -0.05) is 12.1 Å². The first-order valence-corrected chi connectivity index (χ1v) is 7.54. The molecule has 1 atom stereocenters. The first kappa shape index (κ1) is 19.5. The molecule has 140 valence electrons. The van der Waals surface area contributed by atoms with E-state index < -0.39 is 29.2 Å². The fraction of sp³-hybridized carbons (Fsp3) is 0.235. The van der Waals surface area contributed by atoms with Gasteiger partial charge in [0.25, 0.3) is 5.69 Å². The van der Waals surface area contributed by atoms with Gasteiger partial charge in [0.05, 0.1) is 30.6 Å². The summed E-state index contributed by atoms with van der Waals surface area (Å²) in [6.07, 6.45) is -0.413. The van der Waals surface area contributed by atoms with E-state index in [0.717, 1.165) is 14.2 Å². The monoisotopic (exact) mass is 373 g/mol. The number of carbonyl (C=O) groups excluding carboxylic acids is 2. The predicted octanol–water partition coefficient (Wildman–Crippen LogP) is 1.39. The van der Waals surface area contributed by atoms with Gasteiger partial charge in [-0.25, -0.2) is 4.79 Å². The van der Waals surface area contributed by atoms with Gasteiger partial charge in [0, 0.05) is 12.1 Å². The van der Waals surface area contributed by atoms with E-state index in [4.69, 9.17) is 15.2 Å². The number of non-ortho nitro benzene ring substituents is 1. The van der Waals surface area contributed by atoms with Gasteiger partial charge in [-0.15, -0.1) is 0 Å². The summed E-state index contributed by atoms with van der Waals surface area (Å²) in [6.45, 7) is 0. The molecule has 1 aromatic carbocycles. The zero-order chi connectivity index (χ0) is 20.1. The lowest BCUT2D eigenvalue weighted by Gasteiger charge is -2.27. The maximum Gasteiger partial charge on any atom is 0.338 e. The molecule has 0 radical (unpaired) electrons. The number of allylic oxidation sites excluding steroid dienone is 1. The Morgan fingerprint density at radius 1 is 1.30 bits per heavy atom. The van der Waals surface area contributed by atoms with Crippen molar-refractivity contribution in [1.29, 1.82) is 5.26 Å². The molecule has 0 aliphatic carbocycles. The lowest BCUT2D eigenvalue weighted by atomic mass is 9.82. The third kappa shape index (κ3) is 3.87. The number of nitro benzene ring substituents is 1. The minimum Gasteiger partial charge on any atom is -0.469 e. The van der Waals surface area contributed by atoms with Crippen molar-refractivity contribution >= 4 is 17.6 Å². The molecule has 0 saturated carbocycles. The molecular formula is C17H15N3O7. The number of ether oxygens (including phenoxy) is 3. The third-order valence-electron chi connectivity index (χ3n) is 3.87. The lowest BCUT2D eigenvalue weighted by molar-refractivity contribution is -0.384. The van der Waals surface area contributed by atoms with Gasteiger partial charge in [0.1, 0.15) is 23.8 Å². The maximum absolute atomic E-state index is 12.4. The Bertz CT molecular complexity index is 894. The molecule has 0 spiro atoms. The van der Waals surface area contributed by atoms with Gasteiger partial charge in [0.15, 0.2) is 0 Å². The lowest BCUT2D eigenvalue weighted by Crippen LogP contribution is -2.26. The van der Waals surface area contributed by atoms with Crippen LogP contribution in [0, 0.1) is 21.4 Å². The molecule has 27 heavy (non-hydrogen) atoms. The van der Waals surface area contributed by atoms with Crippen molar-refractivity contribution in [2.45, 2.75) is 12.3 Å². The second kappa shape index (κ2) is 8.01. The van der Waals surface area contributed by atoms with E-state index in [1.54, 1.807) is 0 Å².